The van der Waals surface area contributed by atoms with Crippen LogP contribution in [0.2, 0.25) is 5.02 Å². The summed E-state index contributed by atoms with van der Waals surface area (Å²) in [7, 11) is 3.44. The Morgan fingerprint density at radius 1 is 1.11 bits per heavy atom. The Morgan fingerprint density at radius 2 is 1.78 bits per heavy atom. The van der Waals surface area contributed by atoms with E-state index in [1.54, 1.807) is 20.4 Å². The molecule has 0 saturated heterocycles. The Bertz CT molecular complexity index is 703. The number of halogens is 2. The number of carbonyl (C=O) groups is 1. The van der Waals surface area contributed by atoms with Crippen molar-refractivity contribution in [2.75, 3.05) is 33.7 Å². The van der Waals surface area contributed by atoms with Crippen molar-refractivity contribution in [2.45, 2.75) is 12.8 Å². The third kappa shape index (κ3) is 9.14. The third-order valence-electron chi connectivity index (χ3n) is 3.73. The maximum Gasteiger partial charge on any atom is 0.243 e. The maximum absolute atomic E-state index is 11.8. The summed E-state index contributed by atoms with van der Waals surface area (Å²) in [6.45, 7) is 1.46. The molecule has 8 heteroatoms. The predicted octanol–water partition coefficient (Wildman–Crippen LogP) is 2.96. The number of rotatable bonds is 8. The molecule has 6 nitrogen and oxygen atoms in total. The Hall–Kier alpha value is -1.74. The molecule has 1 aromatic heterocycles. The van der Waals surface area contributed by atoms with Gasteiger partial charge >= 0.3 is 0 Å². The van der Waals surface area contributed by atoms with E-state index in [2.05, 4.69) is 15.6 Å². The summed E-state index contributed by atoms with van der Waals surface area (Å²) in [6, 6.07) is 11.6. The lowest BCUT2D eigenvalue weighted by Crippen LogP contribution is -2.40. The molecule has 0 aliphatic heterocycles. The van der Waals surface area contributed by atoms with Gasteiger partial charge in [0.25, 0.3) is 0 Å². The largest absolute Gasteiger partial charge is 0.469 e. The number of likely N-dealkylation sites (N-methyl/N-ethyl adjacent to an activating group) is 1. The summed E-state index contributed by atoms with van der Waals surface area (Å²) in [4.78, 5) is 17.7. The van der Waals surface area contributed by atoms with Crippen LogP contribution in [0.3, 0.4) is 0 Å². The van der Waals surface area contributed by atoms with Gasteiger partial charge in [-0.1, -0.05) is 23.7 Å². The van der Waals surface area contributed by atoms with E-state index in [1.165, 1.54) is 10.5 Å². The van der Waals surface area contributed by atoms with Gasteiger partial charge in [0.2, 0.25) is 5.91 Å². The minimum Gasteiger partial charge on any atom is -0.469 e. The molecule has 0 bridgehead atoms. The smallest absolute Gasteiger partial charge is 0.243 e. The van der Waals surface area contributed by atoms with Crippen LogP contribution >= 0.6 is 35.6 Å². The second-order valence-electron chi connectivity index (χ2n) is 6.01. The highest BCUT2D eigenvalue weighted by Gasteiger charge is 2.05. The number of hydrogen-bond donors (Lipinski definition) is 2. The van der Waals surface area contributed by atoms with E-state index in [-0.39, 0.29) is 36.4 Å². The van der Waals surface area contributed by atoms with Crippen molar-refractivity contribution < 1.29 is 9.21 Å². The lowest BCUT2D eigenvalue weighted by molar-refractivity contribution is -0.127. The van der Waals surface area contributed by atoms with Crippen LogP contribution in [0, 0.1) is 0 Å². The van der Waals surface area contributed by atoms with Crippen LogP contribution in [0.25, 0.3) is 0 Å². The monoisotopic (exact) mass is 504 g/mol. The number of amides is 1. The SMILES string of the molecule is CN(C)C(=O)CN=C(NCCc1ccc(Cl)cc1)NCCc1ccco1.I. The molecule has 27 heavy (non-hydrogen) atoms. The standard InChI is InChI=1S/C19H25ClN4O2.HI/c1-24(2)18(25)14-23-19(22-12-10-17-4-3-13-26-17)21-11-9-15-5-7-16(20)8-6-15;/h3-8,13H,9-12,14H2,1-2H3,(H2,21,22,23);1H. The first-order valence-electron chi connectivity index (χ1n) is 8.54. The zero-order valence-corrected chi connectivity index (χ0v) is 18.7. The van der Waals surface area contributed by atoms with Crippen molar-refractivity contribution in [3.05, 3.63) is 59.0 Å². The Balaban J connectivity index is 0.00000364. The Kier molecular flexibility index (Phi) is 10.9. The summed E-state index contributed by atoms with van der Waals surface area (Å²) in [5, 5.41) is 7.22. The second-order valence-corrected chi connectivity index (χ2v) is 6.45. The molecule has 1 heterocycles. The molecule has 0 unspecified atom stereocenters. The number of aliphatic imine (C=N–C) groups is 1. The number of hydrogen-bond acceptors (Lipinski definition) is 3. The molecule has 2 rings (SSSR count). The highest BCUT2D eigenvalue weighted by molar-refractivity contribution is 14.0. The van der Waals surface area contributed by atoms with E-state index in [4.69, 9.17) is 16.0 Å². The van der Waals surface area contributed by atoms with E-state index in [9.17, 15) is 4.79 Å². The first-order valence-corrected chi connectivity index (χ1v) is 8.91. The average Bonchev–Trinajstić information content (AvgIpc) is 3.14. The molecule has 2 N–H and O–H groups in total. The van der Waals surface area contributed by atoms with Crippen molar-refractivity contribution in [1.29, 1.82) is 0 Å². The van der Waals surface area contributed by atoms with E-state index < -0.39 is 0 Å². The molecule has 0 spiro atoms. The molecule has 2 aromatic rings. The minimum atomic E-state index is -0.0464. The van der Waals surface area contributed by atoms with Gasteiger partial charge in [-0.2, -0.15) is 0 Å². The van der Waals surface area contributed by atoms with Crippen LogP contribution < -0.4 is 10.6 Å². The summed E-state index contributed by atoms with van der Waals surface area (Å²) in [5.41, 5.74) is 1.18. The predicted molar refractivity (Wildman–Crippen MR) is 120 cm³/mol. The Labute approximate surface area is 182 Å². The van der Waals surface area contributed by atoms with Crippen LogP contribution in [0.4, 0.5) is 0 Å². The molecule has 0 aliphatic carbocycles. The van der Waals surface area contributed by atoms with Gasteiger partial charge < -0.3 is 20.0 Å². The van der Waals surface area contributed by atoms with E-state index in [0.29, 0.717) is 19.0 Å². The third-order valence-corrected chi connectivity index (χ3v) is 3.99. The zero-order chi connectivity index (χ0) is 18.8. The van der Waals surface area contributed by atoms with Crippen molar-refractivity contribution in [3.63, 3.8) is 0 Å². The molecular formula is C19H26ClIN4O2. The van der Waals surface area contributed by atoms with Crippen molar-refractivity contribution in [2.24, 2.45) is 4.99 Å². The minimum absolute atomic E-state index is 0. The van der Waals surface area contributed by atoms with Crippen molar-refractivity contribution >= 4 is 47.4 Å². The van der Waals surface area contributed by atoms with Gasteiger partial charge in [-0.3, -0.25) is 4.79 Å². The van der Waals surface area contributed by atoms with Crippen LogP contribution in [-0.4, -0.2) is 50.5 Å². The van der Waals surface area contributed by atoms with Crippen molar-refractivity contribution in [3.8, 4) is 0 Å². The summed E-state index contributed by atoms with van der Waals surface area (Å²) >= 11 is 5.90. The average molecular weight is 505 g/mol. The second kappa shape index (κ2) is 12.6. The fourth-order valence-corrected chi connectivity index (χ4v) is 2.32. The number of carbonyl (C=O) groups excluding carboxylic acids is 1. The Morgan fingerprint density at radius 3 is 2.37 bits per heavy atom. The van der Waals surface area contributed by atoms with Crippen molar-refractivity contribution in [1.82, 2.24) is 15.5 Å². The van der Waals surface area contributed by atoms with Crippen LogP contribution in [0.15, 0.2) is 52.1 Å². The summed E-state index contributed by atoms with van der Waals surface area (Å²) < 4.78 is 5.32. The highest BCUT2D eigenvalue weighted by Crippen LogP contribution is 2.09. The van der Waals surface area contributed by atoms with Gasteiger partial charge in [0.1, 0.15) is 12.3 Å². The number of guanidine groups is 1. The van der Waals surface area contributed by atoms with Gasteiger partial charge in [0.05, 0.1) is 6.26 Å². The highest BCUT2D eigenvalue weighted by atomic mass is 127. The van der Waals surface area contributed by atoms with Crippen LogP contribution in [0.1, 0.15) is 11.3 Å². The summed E-state index contributed by atoms with van der Waals surface area (Å²) in [5.74, 6) is 1.47. The number of nitrogens with one attached hydrogen (secondary N) is 2. The van der Waals surface area contributed by atoms with Gasteiger partial charge in [-0.25, -0.2) is 4.99 Å². The molecule has 0 saturated carbocycles. The number of benzene rings is 1. The number of nitrogens with zero attached hydrogens (tertiary/aromatic N) is 2. The van der Waals surface area contributed by atoms with Crippen LogP contribution in [0.5, 0.6) is 0 Å². The normalized spacial score (nSPS) is 10.9. The molecule has 148 valence electrons. The zero-order valence-electron chi connectivity index (χ0n) is 15.6. The topological polar surface area (TPSA) is 69.9 Å². The van der Waals surface area contributed by atoms with E-state index >= 15 is 0 Å². The first kappa shape index (κ1) is 23.3. The first-order chi connectivity index (χ1) is 12.5. The van der Waals surface area contributed by atoms with Gasteiger partial charge in [0.15, 0.2) is 5.96 Å². The molecule has 1 amide bonds. The van der Waals surface area contributed by atoms with E-state index in [1.807, 2.05) is 36.4 Å². The van der Waals surface area contributed by atoms with Gasteiger partial charge in [0, 0.05) is 38.6 Å². The molecule has 0 fully saturated rings. The quantitative estimate of drug-likeness (QED) is 0.329. The molecule has 0 aliphatic rings. The molecule has 0 radical (unpaired) electrons. The van der Waals surface area contributed by atoms with E-state index in [0.717, 1.165) is 23.6 Å². The van der Waals surface area contributed by atoms with Gasteiger partial charge in [-0.15, -0.1) is 24.0 Å². The maximum atomic E-state index is 11.8. The molecular weight excluding hydrogens is 479 g/mol. The number of furan rings is 1. The lowest BCUT2D eigenvalue weighted by Gasteiger charge is -2.13. The summed E-state index contributed by atoms with van der Waals surface area (Å²) in [6.07, 6.45) is 3.23. The van der Waals surface area contributed by atoms with Gasteiger partial charge in [-0.05, 0) is 36.2 Å². The molecule has 0 atom stereocenters. The lowest BCUT2D eigenvalue weighted by atomic mass is 10.1. The molecule has 1 aromatic carbocycles. The van der Waals surface area contributed by atoms with Crippen LogP contribution in [-0.2, 0) is 17.6 Å². The fourth-order valence-electron chi connectivity index (χ4n) is 2.20. The fraction of sp³-hybridized carbons (Fsp3) is 0.368.